The maximum absolute atomic E-state index is 11.5. The van der Waals surface area contributed by atoms with E-state index in [9.17, 15) is 9.90 Å². The summed E-state index contributed by atoms with van der Waals surface area (Å²) in [7, 11) is 2.04. The van der Waals surface area contributed by atoms with E-state index in [1.165, 1.54) is 6.92 Å². The number of hydrogen-bond acceptors (Lipinski definition) is 5. The Bertz CT molecular complexity index is 223. The van der Waals surface area contributed by atoms with Crippen molar-refractivity contribution in [2.75, 3.05) is 26.7 Å². The van der Waals surface area contributed by atoms with Crippen LogP contribution in [0.4, 0.5) is 0 Å². The zero-order valence-electron chi connectivity index (χ0n) is 9.40. The monoisotopic (exact) mass is 216 g/mol. The van der Waals surface area contributed by atoms with Crippen LogP contribution in [0.25, 0.3) is 0 Å². The van der Waals surface area contributed by atoms with Crippen LogP contribution in [-0.2, 0) is 9.53 Å². The number of aliphatic hydroxyl groups is 1. The predicted molar refractivity (Wildman–Crippen MR) is 56.3 cm³/mol. The fourth-order valence-corrected chi connectivity index (χ4v) is 1.46. The largest absolute Gasteiger partial charge is 0.460 e. The highest BCUT2D eigenvalue weighted by molar-refractivity contribution is 5.79. The average Bonchev–Trinajstić information content (AvgIpc) is 2.21. The first-order valence-electron chi connectivity index (χ1n) is 5.28. The van der Waals surface area contributed by atoms with Gasteiger partial charge in [0, 0.05) is 19.6 Å². The van der Waals surface area contributed by atoms with Gasteiger partial charge in [-0.25, -0.2) is 4.79 Å². The van der Waals surface area contributed by atoms with E-state index in [0.717, 1.165) is 25.9 Å². The van der Waals surface area contributed by atoms with Gasteiger partial charge in [0.15, 0.2) is 5.60 Å². The maximum atomic E-state index is 11.5. The Balaban J connectivity index is 2.39. The van der Waals surface area contributed by atoms with E-state index in [-0.39, 0.29) is 12.6 Å². The number of carbonyl (C=O) groups is 1. The second-order valence-electron chi connectivity index (χ2n) is 4.39. The number of hydrogen-bond donors (Lipinski definition) is 2. The lowest BCUT2D eigenvalue weighted by molar-refractivity contribution is -0.170. The van der Waals surface area contributed by atoms with E-state index in [4.69, 9.17) is 10.5 Å². The van der Waals surface area contributed by atoms with Crippen LogP contribution >= 0.6 is 0 Å². The number of rotatable bonds is 3. The van der Waals surface area contributed by atoms with Crippen molar-refractivity contribution in [1.82, 2.24) is 4.90 Å². The zero-order chi connectivity index (χ0) is 11.5. The van der Waals surface area contributed by atoms with Crippen LogP contribution in [0.15, 0.2) is 0 Å². The van der Waals surface area contributed by atoms with Crippen molar-refractivity contribution in [3.8, 4) is 0 Å². The summed E-state index contributed by atoms with van der Waals surface area (Å²) in [6.45, 7) is 3.11. The number of nitrogens with two attached hydrogens (primary N) is 1. The van der Waals surface area contributed by atoms with Crippen molar-refractivity contribution in [2.24, 2.45) is 5.73 Å². The normalized spacial score (nSPS) is 23.5. The number of nitrogens with zero attached hydrogens (tertiary/aromatic N) is 1. The lowest BCUT2D eigenvalue weighted by Crippen LogP contribution is -2.46. The number of likely N-dealkylation sites (tertiary alicyclic amines) is 1. The van der Waals surface area contributed by atoms with Crippen molar-refractivity contribution in [3.05, 3.63) is 0 Å². The summed E-state index contributed by atoms with van der Waals surface area (Å²) in [5.74, 6) is -0.612. The van der Waals surface area contributed by atoms with Crippen molar-refractivity contribution < 1.29 is 14.6 Å². The van der Waals surface area contributed by atoms with Crippen molar-refractivity contribution >= 4 is 5.97 Å². The number of esters is 1. The fraction of sp³-hybridized carbons (Fsp3) is 0.900. The molecule has 0 bridgehead atoms. The predicted octanol–water partition coefficient (Wildman–Crippen LogP) is -0.666. The summed E-state index contributed by atoms with van der Waals surface area (Å²) in [5, 5.41) is 9.56. The van der Waals surface area contributed by atoms with E-state index < -0.39 is 11.6 Å². The third-order valence-corrected chi connectivity index (χ3v) is 2.78. The summed E-state index contributed by atoms with van der Waals surface area (Å²) >= 11 is 0. The molecule has 1 atom stereocenters. The van der Waals surface area contributed by atoms with E-state index in [0.29, 0.717) is 0 Å². The van der Waals surface area contributed by atoms with Crippen LogP contribution in [-0.4, -0.2) is 54.4 Å². The summed E-state index contributed by atoms with van der Waals surface area (Å²) in [4.78, 5) is 13.7. The molecule has 1 heterocycles. The molecule has 0 amide bonds. The molecule has 0 spiro atoms. The Morgan fingerprint density at radius 1 is 1.60 bits per heavy atom. The summed E-state index contributed by atoms with van der Waals surface area (Å²) < 4.78 is 5.20. The minimum absolute atomic E-state index is 0.0771. The molecule has 15 heavy (non-hydrogen) atoms. The third-order valence-electron chi connectivity index (χ3n) is 2.78. The molecule has 1 rings (SSSR count). The standard InChI is InChI=1S/C10H20N2O3/c1-10(14,7-11)9(13)15-8-3-5-12(2)6-4-8/h8,14H,3-7,11H2,1-2H3. The smallest absolute Gasteiger partial charge is 0.339 e. The molecular formula is C10H20N2O3. The first kappa shape index (κ1) is 12.4. The molecule has 1 unspecified atom stereocenters. The topological polar surface area (TPSA) is 75.8 Å². The molecule has 3 N–H and O–H groups in total. The number of carbonyl (C=O) groups excluding carboxylic acids is 1. The maximum Gasteiger partial charge on any atom is 0.339 e. The van der Waals surface area contributed by atoms with Gasteiger partial charge in [-0.05, 0) is 26.8 Å². The average molecular weight is 216 g/mol. The van der Waals surface area contributed by atoms with Gasteiger partial charge in [0.05, 0.1) is 0 Å². The van der Waals surface area contributed by atoms with E-state index in [1.54, 1.807) is 0 Å². The SMILES string of the molecule is CN1CCC(OC(=O)C(C)(O)CN)CC1. The molecule has 0 aromatic rings. The zero-order valence-corrected chi connectivity index (χ0v) is 9.40. The van der Waals surface area contributed by atoms with Gasteiger partial charge in [0.25, 0.3) is 0 Å². The molecule has 88 valence electrons. The second kappa shape index (κ2) is 4.92. The molecule has 0 aliphatic carbocycles. The van der Waals surface area contributed by atoms with E-state index in [2.05, 4.69) is 4.90 Å². The Hall–Kier alpha value is -0.650. The highest BCUT2D eigenvalue weighted by Crippen LogP contribution is 2.15. The molecule has 0 radical (unpaired) electrons. The first-order valence-corrected chi connectivity index (χ1v) is 5.28. The van der Waals surface area contributed by atoms with Crippen LogP contribution < -0.4 is 5.73 Å². The van der Waals surface area contributed by atoms with Gasteiger partial charge in [-0.15, -0.1) is 0 Å². The molecule has 1 fully saturated rings. The van der Waals surface area contributed by atoms with Crippen LogP contribution in [0.1, 0.15) is 19.8 Å². The Labute approximate surface area is 90.2 Å². The molecule has 1 saturated heterocycles. The Morgan fingerprint density at radius 3 is 2.60 bits per heavy atom. The van der Waals surface area contributed by atoms with Gasteiger partial charge in [0.2, 0.25) is 0 Å². The summed E-state index contributed by atoms with van der Waals surface area (Å²) in [6, 6.07) is 0. The van der Waals surface area contributed by atoms with Crippen molar-refractivity contribution in [2.45, 2.75) is 31.5 Å². The molecule has 0 aromatic carbocycles. The molecular weight excluding hydrogens is 196 g/mol. The Kier molecular flexibility index (Phi) is 4.07. The molecule has 5 heteroatoms. The quantitative estimate of drug-likeness (QED) is 0.612. The summed E-state index contributed by atoms with van der Waals surface area (Å²) in [6.07, 6.45) is 1.57. The fourth-order valence-electron chi connectivity index (χ4n) is 1.46. The van der Waals surface area contributed by atoms with Gasteiger partial charge in [-0.2, -0.15) is 0 Å². The lowest BCUT2D eigenvalue weighted by Gasteiger charge is -2.30. The van der Waals surface area contributed by atoms with Crippen LogP contribution in [0.5, 0.6) is 0 Å². The highest BCUT2D eigenvalue weighted by Gasteiger charge is 2.33. The van der Waals surface area contributed by atoms with E-state index in [1.807, 2.05) is 7.05 Å². The van der Waals surface area contributed by atoms with Crippen molar-refractivity contribution in [1.29, 1.82) is 0 Å². The highest BCUT2D eigenvalue weighted by atomic mass is 16.6. The van der Waals surface area contributed by atoms with E-state index >= 15 is 0 Å². The first-order chi connectivity index (χ1) is 6.95. The van der Waals surface area contributed by atoms with Gasteiger partial charge >= 0.3 is 5.97 Å². The van der Waals surface area contributed by atoms with Crippen LogP contribution in [0.2, 0.25) is 0 Å². The molecule has 1 aliphatic heterocycles. The second-order valence-corrected chi connectivity index (χ2v) is 4.39. The minimum Gasteiger partial charge on any atom is -0.460 e. The molecule has 0 aromatic heterocycles. The minimum atomic E-state index is -1.55. The van der Waals surface area contributed by atoms with Gasteiger partial charge in [-0.1, -0.05) is 0 Å². The van der Waals surface area contributed by atoms with Crippen LogP contribution in [0.3, 0.4) is 0 Å². The van der Waals surface area contributed by atoms with Crippen LogP contribution in [0, 0.1) is 0 Å². The molecule has 0 saturated carbocycles. The number of ether oxygens (including phenoxy) is 1. The summed E-state index contributed by atoms with van der Waals surface area (Å²) in [5.41, 5.74) is 3.72. The molecule has 1 aliphatic rings. The van der Waals surface area contributed by atoms with Gasteiger partial charge in [0.1, 0.15) is 6.10 Å². The lowest BCUT2D eigenvalue weighted by atomic mass is 10.1. The Morgan fingerprint density at radius 2 is 2.13 bits per heavy atom. The molecule has 5 nitrogen and oxygen atoms in total. The van der Waals surface area contributed by atoms with Crippen molar-refractivity contribution in [3.63, 3.8) is 0 Å². The third kappa shape index (κ3) is 3.44. The van der Waals surface area contributed by atoms with Gasteiger partial charge < -0.3 is 20.5 Å². The van der Waals surface area contributed by atoms with Gasteiger partial charge in [-0.3, -0.25) is 0 Å². The number of piperidine rings is 1.